The highest BCUT2D eigenvalue weighted by Crippen LogP contribution is 2.67. The van der Waals surface area contributed by atoms with E-state index in [4.69, 9.17) is 0 Å². The number of hydrogen-bond acceptors (Lipinski definition) is 4. The summed E-state index contributed by atoms with van der Waals surface area (Å²) < 4.78 is 0. The van der Waals surface area contributed by atoms with Crippen LogP contribution in [0.4, 0.5) is 0 Å². The van der Waals surface area contributed by atoms with Crippen LogP contribution in [0.1, 0.15) is 121 Å². The third kappa shape index (κ3) is 5.92. The predicted molar refractivity (Wildman–Crippen MR) is 166 cm³/mol. The van der Waals surface area contributed by atoms with E-state index in [0.29, 0.717) is 32.1 Å². The second kappa shape index (κ2) is 13.0. The van der Waals surface area contributed by atoms with Gasteiger partial charge in [0, 0.05) is 11.5 Å². The summed E-state index contributed by atoms with van der Waals surface area (Å²) in [6.45, 7) is 21.9. The van der Waals surface area contributed by atoms with E-state index in [0.717, 1.165) is 16.7 Å². The molecule has 0 spiro atoms. The Balaban J connectivity index is 3.11. The third-order valence-electron chi connectivity index (χ3n) is 9.51. The molecule has 2 bridgehead atoms. The average molecular weight is 551 g/mol. The fourth-order valence-corrected chi connectivity index (χ4v) is 6.83. The second-order valence-corrected chi connectivity index (χ2v) is 13.6. The Hall–Kier alpha value is -2.49. The molecule has 1 unspecified atom stereocenters. The van der Waals surface area contributed by atoms with E-state index in [1.165, 1.54) is 5.57 Å². The second-order valence-electron chi connectivity index (χ2n) is 13.6. The van der Waals surface area contributed by atoms with E-state index in [-0.39, 0.29) is 41.7 Å². The Morgan fingerprint density at radius 2 is 1.48 bits per heavy atom. The van der Waals surface area contributed by atoms with Crippen LogP contribution in [-0.2, 0) is 14.4 Å². The number of carbonyl (C=O) groups excluding carboxylic acids is 3. The lowest BCUT2D eigenvalue weighted by Gasteiger charge is -2.61. The van der Waals surface area contributed by atoms with Crippen molar-refractivity contribution >= 4 is 17.3 Å². The normalized spacial score (nSPS) is 28.5. The number of fused-ring (bicyclic) bond motifs is 2. The van der Waals surface area contributed by atoms with Crippen molar-refractivity contribution in [3.8, 4) is 0 Å². The van der Waals surface area contributed by atoms with Crippen molar-refractivity contribution in [2.45, 2.75) is 121 Å². The monoisotopic (exact) mass is 550 g/mol. The molecule has 4 heteroatoms. The number of Topliss-reactive ketones (excluding diaryl/α,β-unsaturated/α-hetero) is 3. The van der Waals surface area contributed by atoms with Crippen molar-refractivity contribution in [2.24, 2.45) is 28.1 Å². The van der Waals surface area contributed by atoms with Crippen LogP contribution in [-0.4, -0.2) is 22.5 Å². The average Bonchev–Trinajstić information content (AvgIpc) is 2.86. The van der Waals surface area contributed by atoms with Gasteiger partial charge in [0.15, 0.2) is 22.8 Å². The minimum Gasteiger partial charge on any atom is -0.511 e. The predicted octanol–water partition coefficient (Wildman–Crippen LogP) is 9.38. The van der Waals surface area contributed by atoms with Crippen LogP contribution < -0.4 is 0 Å². The molecule has 1 saturated carbocycles. The first-order valence-electron chi connectivity index (χ1n) is 15.1. The highest BCUT2D eigenvalue weighted by Gasteiger charge is 2.76. The van der Waals surface area contributed by atoms with Crippen LogP contribution in [0, 0.1) is 28.1 Å². The smallest absolute Gasteiger partial charge is 0.184 e. The summed E-state index contributed by atoms with van der Waals surface area (Å²) in [5, 5.41) is 11.9. The molecule has 2 aliphatic rings. The molecular weight excluding hydrogens is 496 g/mol. The number of carbonyl (C=O) groups is 3. The van der Waals surface area contributed by atoms with Crippen LogP contribution in [0.25, 0.3) is 0 Å². The van der Waals surface area contributed by atoms with Gasteiger partial charge in [-0.15, -0.1) is 0 Å². The summed E-state index contributed by atoms with van der Waals surface area (Å²) in [6.07, 6.45) is 11.6. The molecule has 0 aromatic rings. The fraction of sp³-hybridized carbons (Fsp3) is 0.639. The van der Waals surface area contributed by atoms with Gasteiger partial charge < -0.3 is 5.11 Å². The summed E-state index contributed by atoms with van der Waals surface area (Å²) in [5.74, 6) is -1.81. The van der Waals surface area contributed by atoms with E-state index >= 15 is 4.79 Å². The van der Waals surface area contributed by atoms with Crippen molar-refractivity contribution < 1.29 is 19.5 Å². The van der Waals surface area contributed by atoms with Crippen molar-refractivity contribution in [2.75, 3.05) is 0 Å². The van der Waals surface area contributed by atoms with Gasteiger partial charge in [-0.05, 0) is 112 Å². The number of ketones is 3. The largest absolute Gasteiger partial charge is 0.511 e. The number of aliphatic hydroxyl groups is 1. The van der Waals surface area contributed by atoms with Gasteiger partial charge in [-0.25, -0.2) is 0 Å². The number of rotatable bonds is 12. The lowest BCUT2D eigenvalue weighted by Crippen LogP contribution is -2.71. The van der Waals surface area contributed by atoms with E-state index < -0.39 is 27.9 Å². The molecule has 0 saturated heterocycles. The Bertz CT molecular complexity index is 1160. The summed E-state index contributed by atoms with van der Waals surface area (Å²) in [4.78, 5) is 44.8. The summed E-state index contributed by atoms with van der Waals surface area (Å²) in [7, 11) is 0. The zero-order chi connectivity index (χ0) is 30.6. The van der Waals surface area contributed by atoms with Gasteiger partial charge in [0.05, 0.1) is 5.41 Å². The van der Waals surface area contributed by atoms with Gasteiger partial charge in [0.2, 0.25) is 0 Å². The van der Waals surface area contributed by atoms with Crippen molar-refractivity contribution in [3.63, 3.8) is 0 Å². The first-order chi connectivity index (χ1) is 18.5. The molecule has 0 aromatic carbocycles. The minimum atomic E-state index is -1.83. The molecule has 0 heterocycles. The molecule has 4 nitrogen and oxygen atoms in total. The number of aliphatic hydroxyl groups excluding tert-OH is 1. The highest BCUT2D eigenvalue weighted by atomic mass is 16.3. The van der Waals surface area contributed by atoms with E-state index in [1.54, 1.807) is 0 Å². The summed E-state index contributed by atoms with van der Waals surface area (Å²) in [6, 6.07) is 0. The minimum absolute atomic E-state index is 0.112. The molecule has 222 valence electrons. The zero-order valence-electron chi connectivity index (χ0n) is 27.1. The number of allylic oxidation sites excluding steroid dienone is 10. The first-order valence-corrected chi connectivity index (χ1v) is 15.1. The van der Waals surface area contributed by atoms with Crippen molar-refractivity contribution in [1.29, 1.82) is 0 Å². The molecule has 0 amide bonds. The van der Waals surface area contributed by atoms with Gasteiger partial charge in [0.25, 0.3) is 0 Å². The third-order valence-corrected chi connectivity index (χ3v) is 9.51. The van der Waals surface area contributed by atoms with Gasteiger partial charge in [-0.1, -0.05) is 67.4 Å². The Kier molecular flexibility index (Phi) is 11.0. The molecule has 40 heavy (non-hydrogen) atoms. The summed E-state index contributed by atoms with van der Waals surface area (Å²) >= 11 is 0. The summed E-state index contributed by atoms with van der Waals surface area (Å²) in [5.41, 5.74) is 0.600. The maximum absolute atomic E-state index is 15.1. The van der Waals surface area contributed by atoms with Gasteiger partial charge in [-0.3, -0.25) is 14.4 Å². The fourth-order valence-electron chi connectivity index (χ4n) is 6.83. The van der Waals surface area contributed by atoms with E-state index in [1.807, 2.05) is 74.5 Å². The lowest BCUT2D eigenvalue weighted by atomic mass is 9.37. The maximum Gasteiger partial charge on any atom is 0.184 e. The molecule has 2 aliphatic carbocycles. The molecule has 1 N–H and O–H groups in total. The van der Waals surface area contributed by atoms with Crippen LogP contribution in [0.3, 0.4) is 0 Å². The van der Waals surface area contributed by atoms with Gasteiger partial charge in [0.1, 0.15) is 5.76 Å². The molecule has 1 fully saturated rings. The zero-order valence-corrected chi connectivity index (χ0v) is 27.1. The molecule has 0 radical (unpaired) electrons. The molecule has 2 rings (SSSR count). The van der Waals surface area contributed by atoms with Crippen molar-refractivity contribution in [3.05, 3.63) is 57.9 Å². The van der Waals surface area contributed by atoms with Crippen molar-refractivity contribution in [1.82, 2.24) is 0 Å². The standard InChI is InChI=1S/C36H54O4/c1-12-27(10)30(37)36-32(39)29(18-16-25(6)7)31(38)35(33(36)40,21-19-26(8)9)22-28(17-15-24(4)5)34(36,11)20-13-14-23(2)3/h14-16,19,27-28,38H,12-13,17-18,20-22H2,1-11H3/t27?,28-,34+,35+,36-/m0/s1. The molecule has 0 aliphatic heterocycles. The molecule has 5 atom stereocenters. The quantitative estimate of drug-likeness (QED) is 0.194. The van der Waals surface area contributed by atoms with Gasteiger partial charge in [-0.2, -0.15) is 0 Å². The van der Waals surface area contributed by atoms with Crippen LogP contribution >= 0.6 is 0 Å². The van der Waals surface area contributed by atoms with Crippen LogP contribution in [0.5, 0.6) is 0 Å². The topological polar surface area (TPSA) is 71.4 Å². The first kappa shape index (κ1) is 33.7. The molecular formula is C36H54O4. The van der Waals surface area contributed by atoms with Crippen LogP contribution in [0.2, 0.25) is 0 Å². The highest BCUT2D eigenvalue weighted by molar-refractivity contribution is 6.33. The number of hydrogen-bond donors (Lipinski definition) is 1. The van der Waals surface area contributed by atoms with E-state index in [9.17, 15) is 14.7 Å². The lowest BCUT2D eigenvalue weighted by molar-refractivity contribution is -0.180. The Morgan fingerprint density at radius 1 is 0.925 bits per heavy atom. The van der Waals surface area contributed by atoms with Crippen LogP contribution in [0.15, 0.2) is 57.9 Å². The molecule has 0 aromatic heterocycles. The Morgan fingerprint density at radius 3 is 1.98 bits per heavy atom. The Labute approximate surface area is 243 Å². The van der Waals surface area contributed by atoms with E-state index in [2.05, 4.69) is 26.0 Å². The maximum atomic E-state index is 15.1. The SMILES string of the molecule is CCC(C)C(=O)[C@@]12C(=O)C(CC=C(C)C)=C(O)[C@@](CC=C(C)C)(C[C@H](CC=C(C)C)[C@@]1(C)CCC=C(C)C)C2=O. The van der Waals surface area contributed by atoms with Gasteiger partial charge >= 0.3 is 0 Å².